The predicted molar refractivity (Wildman–Crippen MR) is 60.2 cm³/mol. The first kappa shape index (κ1) is 11.3. The van der Waals surface area contributed by atoms with Crippen molar-refractivity contribution in [2.24, 2.45) is 4.99 Å². The summed E-state index contributed by atoms with van der Waals surface area (Å²) in [6.07, 6.45) is 6.02. The van der Waals surface area contributed by atoms with Gasteiger partial charge in [-0.15, -0.1) is 0 Å². The third-order valence-corrected chi connectivity index (χ3v) is 2.94. The zero-order valence-electron chi connectivity index (χ0n) is 8.66. The summed E-state index contributed by atoms with van der Waals surface area (Å²) in [6, 6.07) is 0.384. The van der Waals surface area contributed by atoms with Crippen molar-refractivity contribution in [1.82, 2.24) is 10.2 Å². The van der Waals surface area contributed by atoms with Crippen molar-refractivity contribution in [2.75, 3.05) is 26.4 Å². The zero-order chi connectivity index (χ0) is 10.4. The number of hydrogen-bond donors (Lipinski definition) is 1. The van der Waals surface area contributed by atoms with Crippen molar-refractivity contribution >= 4 is 16.9 Å². The largest absolute Gasteiger partial charge is 0.306 e. The van der Waals surface area contributed by atoms with Crippen LogP contribution in [0.25, 0.3) is 0 Å². The van der Waals surface area contributed by atoms with E-state index in [1.54, 1.807) is 0 Å². The van der Waals surface area contributed by atoms with Crippen molar-refractivity contribution in [2.45, 2.75) is 18.9 Å². The van der Waals surface area contributed by atoms with Gasteiger partial charge in [0.05, 0.1) is 6.04 Å². The second kappa shape index (κ2) is 5.89. The number of piperidine rings is 1. The minimum atomic E-state index is 0.384. The first-order valence-corrected chi connectivity index (χ1v) is 5.94. The lowest BCUT2D eigenvalue weighted by molar-refractivity contribution is 0.257. The van der Waals surface area contributed by atoms with Crippen LogP contribution in [-0.2, 0) is 0 Å². The molecule has 0 amide bonds. The topological polar surface area (TPSA) is 51.4 Å². The van der Waals surface area contributed by atoms with Crippen LogP contribution in [0.2, 0.25) is 0 Å². The van der Waals surface area contributed by atoms with Crippen molar-refractivity contribution < 1.29 is 0 Å². The van der Waals surface area contributed by atoms with E-state index >= 15 is 0 Å². The average Bonchev–Trinajstić information content (AvgIpc) is 2.20. The molecule has 0 atom stereocenters. The summed E-state index contributed by atoms with van der Waals surface area (Å²) in [5, 5.41) is 11.8. The van der Waals surface area contributed by atoms with Crippen LogP contribution >= 0.6 is 11.8 Å². The molecule has 1 aliphatic rings. The Hall–Kier alpha value is -0.730. The Morgan fingerprint density at radius 2 is 2.21 bits per heavy atom. The van der Waals surface area contributed by atoms with Crippen LogP contribution in [0, 0.1) is 11.5 Å². The molecule has 0 spiro atoms. The van der Waals surface area contributed by atoms with Gasteiger partial charge in [0.2, 0.25) is 0 Å². The highest BCUT2D eigenvalue weighted by Gasteiger charge is 2.15. The molecule has 0 saturated carbocycles. The molecule has 1 rings (SSSR count). The maximum atomic E-state index is 8.48. The first-order valence-electron chi connectivity index (χ1n) is 4.71. The monoisotopic (exact) mass is 212 g/mol. The molecule has 0 aliphatic carbocycles. The molecule has 78 valence electrons. The van der Waals surface area contributed by atoms with Crippen LogP contribution in [0.3, 0.4) is 0 Å². The molecule has 1 aliphatic heterocycles. The molecule has 1 fully saturated rings. The van der Waals surface area contributed by atoms with Gasteiger partial charge < -0.3 is 4.90 Å². The van der Waals surface area contributed by atoms with Crippen molar-refractivity contribution in [1.29, 1.82) is 5.26 Å². The Bertz CT molecular complexity index is 238. The Balaban J connectivity index is 2.45. The predicted octanol–water partition coefficient (Wildman–Crippen LogP) is 0.870. The van der Waals surface area contributed by atoms with E-state index in [4.69, 9.17) is 5.26 Å². The number of likely N-dealkylation sites (tertiary alicyclic amines) is 1. The molecule has 4 nitrogen and oxygen atoms in total. The van der Waals surface area contributed by atoms with E-state index in [-0.39, 0.29) is 0 Å². The van der Waals surface area contributed by atoms with E-state index in [2.05, 4.69) is 22.3 Å². The number of thioether (sulfide) groups is 1. The minimum absolute atomic E-state index is 0.384. The van der Waals surface area contributed by atoms with Crippen molar-refractivity contribution in [3.8, 4) is 6.19 Å². The summed E-state index contributed by atoms with van der Waals surface area (Å²) < 4.78 is 0. The molecule has 0 aromatic carbocycles. The zero-order valence-corrected chi connectivity index (χ0v) is 9.47. The van der Waals surface area contributed by atoms with Gasteiger partial charge in [-0.3, -0.25) is 10.3 Å². The highest BCUT2D eigenvalue weighted by molar-refractivity contribution is 8.13. The van der Waals surface area contributed by atoms with E-state index in [0.29, 0.717) is 6.04 Å². The number of hydrogen-bond acceptors (Lipinski definition) is 4. The Morgan fingerprint density at radius 1 is 1.57 bits per heavy atom. The summed E-state index contributed by atoms with van der Waals surface area (Å²) >= 11 is 1.49. The molecule has 1 N–H and O–H groups in total. The fourth-order valence-corrected chi connectivity index (χ4v) is 1.88. The molecule has 1 heterocycles. The van der Waals surface area contributed by atoms with Crippen LogP contribution in [0.1, 0.15) is 12.8 Å². The smallest absolute Gasteiger partial charge is 0.183 e. The normalized spacial score (nSPS) is 20.5. The summed E-state index contributed by atoms with van der Waals surface area (Å²) in [5.74, 6) is 0. The van der Waals surface area contributed by atoms with E-state index in [0.717, 1.165) is 31.1 Å². The van der Waals surface area contributed by atoms with E-state index in [1.807, 2.05) is 12.4 Å². The maximum Gasteiger partial charge on any atom is 0.183 e. The average molecular weight is 212 g/mol. The van der Waals surface area contributed by atoms with Gasteiger partial charge in [-0.05, 0) is 39.2 Å². The number of nitrogens with zero attached hydrogens (tertiary/aromatic N) is 3. The van der Waals surface area contributed by atoms with Crippen LogP contribution in [0.4, 0.5) is 0 Å². The van der Waals surface area contributed by atoms with Gasteiger partial charge in [-0.1, -0.05) is 11.8 Å². The maximum absolute atomic E-state index is 8.48. The molecule has 0 bridgehead atoms. The van der Waals surface area contributed by atoms with Gasteiger partial charge >= 0.3 is 0 Å². The highest BCUT2D eigenvalue weighted by Crippen LogP contribution is 2.13. The van der Waals surface area contributed by atoms with Gasteiger partial charge in [0.25, 0.3) is 0 Å². The molecular weight excluding hydrogens is 196 g/mol. The lowest BCUT2D eigenvalue weighted by atomic mass is 10.1. The summed E-state index contributed by atoms with van der Waals surface area (Å²) in [7, 11) is 2.13. The number of amidine groups is 1. The van der Waals surface area contributed by atoms with E-state index in [1.165, 1.54) is 11.8 Å². The van der Waals surface area contributed by atoms with E-state index in [9.17, 15) is 0 Å². The molecule has 0 aromatic rings. The van der Waals surface area contributed by atoms with Crippen LogP contribution in [0.15, 0.2) is 4.99 Å². The van der Waals surface area contributed by atoms with Gasteiger partial charge in [0.1, 0.15) is 0 Å². The standard InChI is InChI=1S/C9H16N4S/c1-13-5-3-8(4-6-13)12-9(14-2)11-7-10/h8H,3-6H2,1-2H3,(H,11,12). The molecule has 1 saturated heterocycles. The summed E-state index contributed by atoms with van der Waals surface area (Å²) in [4.78, 5) is 6.81. The fraction of sp³-hybridized carbons (Fsp3) is 0.778. The first-order chi connectivity index (χ1) is 6.76. The summed E-state index contributed by atoms with van der Waals surface area (Å²) in [5.41, 5.74) is 0. The minimum Gasteiger partial charge on any atom is -0.306 e. The number of nitriles is 1. The molecule has 0 unspecified atom stereocenters. The number of rotatable bonds is 1. The van der Waals surface area contributed by atoms with Gasteiger partial charge in [-0.2, -0.15) is 5.26 Å². The molecule has 14 heavy (non-hydrogen) atoms. The quantitative estimate of drug-likeness (QED) is 0.303. The Labute approximate surface area is 89.4 Å². The SMILES string of the molecule is CSC(=NC1CCN(C)CC1)NC#N. The number of nitrogens with one attached hydrogen (secondary N) is 1. The van der Waals surface area contributed by atoms with Crippen LogP contribution < -0.4 is 5.32 Å². The van der Waals surface area contributed by atoms with E-state index < -0.39 is 0 Å². The van der Waals surface area contributed by atoms with Crippen LogP contribution in [0.5, 0.6) is 0 Å². The van der Waals surface area contributed by atoms with Gasteiger partial charge in [0, 0.05) is 0 Å². The lowest BCUT2D eigenvalue weighted by Gasteiger charge is -2.26. The Morgan fingerprint density at radius 3 is 2.71 bits per heavy atom. The molecule has 0 aromatic heterocycles. The van der Waals surface area contributed by atoms with Gasteiger partial charge in [-0.25, -0.2) is 0 Å². The lowest BCUT2D eigenvalue weighted by Crippen LogP contribution is -2.33. The number of aliphatic imine (C=N–C) groups is 1. The second-order valence-corrected chi connectivity index (χ2v) is 4.20. The Kier molecular flexibility index (Phi) is 4.77. The van der Waals surface area contributed by atoms with Crippen LogP contribution in [-0.4, -0.2) is 42.5 Å². The van der Waals surface area contributed by atoms with Crippen molar-refractivity contribution in [3.63, 3.8) is 0 Å². The second-order valence-electron chi connectivity index (χ2n) is 3.41. The van der Waals surface area contributed by atoms with Crippen molar-refractivity contribution in [3.05, 3.63) is 0 Å². The third kappa shape index (κ3) is 3.56. The molecule has 0 radical (unpaired) electrons. The molecular formula is C9H16N4S. The summed E-state index contributed by atoms with van der Waals surface area (Å²) in [6.45, 7) is 2.20. The highest BCUT2D eigenvalue weighted by atomic mass is 32.2. The fourth-order valence-electron chi connectivity index (χ4n) is 1.47. The third-order valence-electron chi connectivity index (χ3n) is 2.34. The molecule has 5 heteroatoms. The van der Waals surface area contributed by atoms with Gasteiger partial charge in [0.15, 0.2) is 11.4 Å².